The van der Waals surface area contributed by atoms with Gasteiger partial charge >= 0.3 is 0 Å². The molecule has 0 heterocycles. The molecule has 16 heavy (non-hydrogen) atoms. The van der Waals surface area contributed by atoms with Gasteiger partial charge in [-0.3, -0.25) is 0 Å². The topological polar surface area (TPSA) is 26.0 Å². The van der Waals surface area contributed by atoms with Gasteiger partial charge in [0.2, 0.25) is 0 Å². The van der Waals surface area contributed by atoms with Crippen molar-refractivity contribution in [3.63, 3.8) is 0 Å². The highest BCUT2D eigenvalue weighted by Crippen LogP contribution is 2.48. The van der Waals surface area contributed by atoms with E-state index >= 15 is 0 Å². The van der Waals surface area contributed by atoms with Crippen molar-refractivity contribution in [1.82, 2.24) is 0 Å². The second kappa shape index (κ2) is 5.08. The lowest BCUT2D eigenvalue weighted by molar-refractivity contribution is 0.0554. The molecule has 2 rings (SSSR count). The molecule has 0 aliphatic heterocycles. The normalized spacial score (nSPS) is 33.9. The van der Waals surface area contributed by atoms with Crippen LogP contribution in [0.1, 0.15) is 71.6 Å². The molecule has 0 spiro atoms. The molecular weight excluding hydrogens is 194 g/mol. The van der Waals surface area contributed by atoms with E-state index in [1.165, 1.54) is 57.8 Å². The van der Waals surface area contributed by atoms with Crippen LogP contribution in [-0.4, -0.2) is 6.04 Å². The number of hydrogen-bond acceptors (Lipinski definition) is 1. The first-order chi connectivity index (χ1) is 7.60. The van der Waals surface area contributed by atoms with E-state index in [0.29, 0.717) is 11.5 Å². The molecule has 2 fully saturated rings. The van der Waals surface area contributed by atoms with E-state index in [9.17, 15) is 0 Å². The number of rotatable bonds is 2. The lowest BCUT2D eigenvalue weighted by Gasteiger charge is -2.45. The third-order valence-corrected chi connectivity index (χ3v) is 5.48. The average molecular weight is 223 g/mol. The molecule has 2 aliphatic rings. The van der Waals surface area contributed by atoms with Crippen molar-refractivity contribution >= 4 is 0 Å². The van der Waals surface area contributed by atoms with Crippen LogP contribution < -0.4 is 5.73 Å². The fourth-order valence-corrected chi connectivity index (χ4v) is 4.04. The molecule has 0 radical (unpaired) electrons. The van der Waals surface area contributed by atoms with Gasteiger partial charge in [-0.05, 0) is 55.8 Å². The summed E-state index contributed by atoms with van der Waals surface area (Å²) in [6.07, 6.45) is 12.7. The van der Waals surface area contributed by atoms with Gasteiger partial charge in [-0.1, -0.05) is 33.1 Å². The summed E-state index contributed by atoms with van der Waals surface area (Å²) in [6.45, 7) is 5.06. The monoisotopic (exact) mass is 223 g/mol. The Morgan fingerprint density at radius 2 is 1.25 bits per heavy atom. The largest absolute Gasteiger partial charge is 0.328 e. The first-order valence-corrected chi connectivity index (χ1v) is 7.36. The van der Waals surface area contributed by atoms with Gasteiger partial charge in [-0.25, -0.2) is 0 Å². The van der Waals surface area contributed by atoms with Crippen molar-refractivity contribution < 1.29 is 0 Å². The Hall–Kier alpha value is -0.0400. The molecule has 94 valence electrons. The Bertz CT molecular complexity index is 207. The summed E-state index contributed by atoms with van der Waals surface area (Å²) in [4.78, 5) is 0. The lowest BCUT2D eigenvalue weighted by Crippen LogP contribution is -2.38. The van der Waals surface area contributed by atoms with E-state index in [0.717, 1.165) is 11.8 Å². The minimum absolute atomic E-state index is 0.499. The van der Waals surface area contributed by atoms with Crippen LogP contribution in [0.2, 0.25) is 0 Å². The van der Waals surface area contributed by atoms with Crippen molar-refractivity contribution in [2.75, 3.05) is 0 Å². The molecule has 0 bridgehead atoms. The molecule has 0 amide bonds. The summed E-state index contributed by atoms with van der Waals surface area (Å²) in [5.41, 5.74) is 6.59. The zero-order valence-electron chi connectivity index (χ0n) is 11.2. The Morgan fingerprint density at radius 3 is 1.81 bits per heavy atom. The Balaban J connectivity index is 1.94. The number of nitrogens with two attached hydrogens (primary N) is 1. The fourth-order valence-electron chi connectivity index (χ4n) is 4.04. The van der Waals surface area contributed by atoms with Crippen LogP contribution in [0, 0.1) is 17.3 Å². The third kappa shape index (κ3) is 2.61. The minimum Gasteiger partial charge on any atom is -0.328 e. The van der Waals surface area contributed by atoms with Crippen LogP contribution in [-0.2, 0) is 0 Å². The maximum Gasteiger partial charge on any atom is 0.00390 e. The van der Waals surface area contributed by atoms with Gasteiger partial charge in [0.1, 0.15) is 0 Å². The molecule has 0 saturated heterocycles. The maximum absolute atomic E-state index is 6.02. The van der Waals surface area contributed by atoms with Crippen molar-refractivity contribution in [2.24, 2.45) is 23.0 Å². The van der Waals surface area contributed by atoms with Crippen molar-refractivity contribution in [3.8, 4) is 0 Å². The molecular formula is C15H29N. The van der Waals surface area contributed by atoms with Gasteiger partial charge in [0.15, 0.2) is 0 Å². The predicted molar refractivity (Wildman–Crippen MR) is 70.3 cm³/mol. The lowest BCUT2D eigenvalue weighted by atomic mass is 9.60. The van der Waals surface area contributed by atoms with E-state index in [1.54, 1.807) is 0 Å². The SMILES string of the molecule is CC(C)(C1CCCCC1)C1CCC(N)CC1. The van der Waals surface area contributed by atoms with Gasteiger partial charge in [0, 0.05) is 6.04 Å². The van der Waals surface area contributed by atoms with Crippen LogP contribution >= 0.6 is 0 Å². The molecule has 1 nitrogen and oxygen atoms in total. The van der Waals surface area contributed by atoms with Crippen molar-refractivity contribution in [3.05, 3.63) is 0 Å². The Morgan fingerprint density at radius 1 is 0.750 bits per heavy atom. The zero-order valence-corrected chi connectivity index (χ0v) is 11.2. The quantitative estimate of drug-likeness (QED) is 0.749. The van der Waals surface area contributed by atoms with E-state index < -0.39 is 0 Å². The molecule has 2 saturated carbocycles. The molecule has 0 atom stereocenters. The fraction of sp³-hybridized carbons (Fsp3) is 1.00. The highest BCUT2D eigenvalue weighted by Gasteiger charge is 2.38. The van der Waals surface area contributed by atoms with Crippen LogP contribution in [0.15, 0.2) is 0 Å². The molecule has 2 aliphatic carbocycles. The van der Waals surface area contributed by atoms with Gasteiger partial charge < -0.3 is 5.73 Å². The molecule has 0 aromatic rings. The van der Waals surface area contributed by atoms with E-state index in [1.807, 2.05) is 0 Å². The van der Waals surface area contributed by atoms with Crippen LogP contribution in [0.4, 0.5) is 0 Å². The summed E-state index contributed by atoms with van der Waals surface area (Å²) in [5, 5.41) is 0. The summed E-state index contributed by atoms with van der Waals surface area (Å²) in [7, 11) is 0. The van der Waals surface area contributed by atoms with E-state index in [-0.39, 0.29) is 0 Å². The first-order valence-electron chi connectivity index (χ1n) is 7.36. The minimum atomic E-state index is 0.499. The second-order valence-corrected chi connectivity index (χ2v) is 6.77. The van der Waals surface area contributed by atoms with Crippen molar-refractivity contribution in [1.29, 1.82) is 0 Å². The molecule has 0 unspecified atom stereocenters. The van der Waals surface area contributed by atoms with Crippen LogP contribution in [0.5, 0.6) is 0 Å². The molecule has 0 aromatic heterocycles. The molecule has 2 N–H and O–H groups in total. The van der Waals surface area contributed by atoms with Gasteiger partial charge in [0.05, 0.1) is 0 Å². The smallest absolute Gasteiger partial charge is 0.00390 e. The highest BCUT2D eigenvalue weighted by molar-refractivity contribution is 4.89. The summed E-state index contributed by atoms with van der Waals surface area (Å²) >= 11 is 0. The average Bonchev–Trinajstić information content (AvgIpc) is 2.31. The molecule has 1 heteroatoms. The Kier molecular flexibility index (Phi) is 3.94. The standard InChI is InChI=1S/C15H29N/c1-15(2,12-6-4-3-5-7-12)13-8-10-14(16)11-9-13/h12-14H,3-11,16H2,1-2H3. The number of hydrogen-bond donors (Lipinski definition) is 1. The summed E-state index contributed by atoms with van der Waals surface area (Å²) in [5.74, 6) is 1.93. The third-order valence-electron chi connectivity index (χ3n) is 5.48. The van der Waals surface area contributed by atoms with Gasteiger partial charge in [0.25, 0.3) is 0 Å². The second-order valence-electron chi connectivity index (χ2n) is 6.77. The summed E-state index contributed by atoms with van der Waals surface area (Å²) in [6, 6.07) is 0.499. The van der Waals surface area contributed by atoms with E-state index in [4.69, 9.17) is 5.73 Å². The Labute approximate surface area is 101 Å². The van der Waals surface area contributed by atoms with Gasteiger partial charge in [-0.15, -0.1) is 0 Å². The van der Waals surface area contributed by atoms with Crippen LogP contribution in [0.3, 0.4) is 0 Å². The maximum atomic E-state index is 6.02. The zero-order chi connectivity index (χ0) is 11.6. The van der Waals surface area contributed by atoms with Crippen molar-refractivity contribution in [2.45, 2.75) is 77.7 Å². The van der Waals surface area contributed by atoms with Gasteiger partial charge in [-0.2, -0.15) is 0 Å². The first kappa shape index (κ1) is 12.4. The highest BCUT2D eigenvalue weighted by atomic mass is 14.6. The predicted octanol–water partition coefficient (Wildman–Crippen LogP) is 4.11. The summed E-state index contributed by atoms with van der Waals surface area (Å²) < 4.78 is 0. The van der Waals surface area contributed by atoms with E-state index in [2.05, 4.69) is 13.8 Å². The van der Waals surface area contributed by atoms with Crippen LogP contribution in [0.25, 0.3) is 0 Å². The molecule has 0 aromatic carbocycles.